The standard InChI is InChI=1S/C16H36NP2.CO.NO.W/c1-13(2)18(14(3)4)11-9-17-10-12-19(15(5)6)16(7)8;2*1-2;/h13-16H,9-12H2,1-8H3;;;/q-1;;-1;+2. The van der Waals surface area contributed by atoms with Gasteiger partial charge < -0.3 is 15.8 Å². The zero-order valence-electron chi connectivity index (χ0n) is 16.7. The molecule has 0 amide bonds. The molecule has 0 unspecified atom stereocenters. The van der Waals surface area contributed by atoms with Gasteiger partial charge in [0.2, 0.25) is 0 Å². The Hall–Kier alpha value is 0.848. The number of hydrogen-bond donors (Lipinski definition) is 0. The van der Waals surface area contributed by atoms with Gasteiger partial charge in [-0.1, -0.05) is 67.7 Å². The third-order valence-corrected chi connectivity index (χ3v) is 10.4. The Morgan fingerprint density at radius 2 is 0.958 bits per heavy atom. The first kappa shape index (κ1) is 32.5. The Kier molecular flexibility index (Phi) is 29.7. The molecule has 0 rings (SSSR count). The van der Waals surface area contributed by atoms with Crippen molar-refractivity contribution in [3.05, 3.63) is 22.5 Å². The van der Waals surface area contributed by atoms with Crippen molar-refractivity contribution in [2.75, 3.05) is 25.4 Å². The third-order valence-electron chi connectivity index (χ3n) is 3.69. The van der Waals surface area contributed by atoms with E-state index in [2.05, 4.69) is 62.0 Å². The summed E-state index contributed by atoms with van der Waals surface area (Å²) in [6.07, 6.45) is 2.68. The van der Waals surface area contributed by atoms with Gasteiger partial charge in [-0.25, -0.2) is 0 Å². The van der Waals surface area contributed by atoms with E-state index in [1.54, 1.807) is 0 Å². The molecule has 0 aliphatic carbocycles. The molecule has 0 fully saturated rings. The van der Waals surface area contributed by atoms with Gasteiger partial charge in [0.05, 0.1) is 0 Å². The van der Waals surface area contributed by atoms with Gasteiger partial charge in [0, 0.05) is 0 Å². The molecule has 0 bridgehead atoms. The summed E-state index contributed by atoms with van der Waals surface area (Å²) in [6.45, 7) is 25.7. The van der Waals surface area contributed by atoms with Crippen LogP contribution >= 0.6 is 15.8 Å². The molecule has 0 saturated carbocycles. The maximum atomic E-state index is 7.50. The van der Waals surface area contributed by atoms with Crippen LogP contribution in [0.15, 0.2) is 0 Å². The fourth-order valence-electron chi connectivity index (χ4n) is 2.71. The van der Waals surface area contributed by atoms with Gasteiger partial charge in [-0.3, -0.25) is 0 Å². The summed E-state index contributed by atoms with van der Waals surface area (Å²) < 4.78 is 7.50. The smallest absolute Gasteiger partial charge is 0.577 e. The second kappa shape index (κ2) is 21.9. The summed E-state index contributed by atoms with van der Waals surface area (Å²) in [7, 11) is 0.352. The average molecular weight is 546 g/mol. The minimum atomic E-state index is 0. The van der Waals surface area contributed by atoms with Crippen LogP contribution in [0.5, 0.6) is 0 Å². The Morgan fingerprint density at radius 1 is 0.750 bits per heavy atom. The van der Waals surface area contributed by atoms with Crippen molar-refractivity contribution in [3.63, 3.8) is 0 Å². The van der Waals surface area contributed by atoms with E-state index < -0.39 is 0 Å². The second-order valence-corrected chi connectivity index (χ2v) is 13.6. The largest absolute Gasteiger partial charge is 2.00 e. The van der Waals surface area contributed by atoms with Gasteiger partial charge in [0.25, 0.3) is 0 Å². The van der Waals surface area contributed by atoms with Crippen LogP contribution in [-0.4, -0.2) is 48.0 Å². The van der Waals surface area contributed by atoms with Crippen LogP contribution in [0.25, 0.3) is 10.9 Å². The van der Waals surface area contributed by atoms with Crippen LogP contribution < -0.4 is 0 Å². The number of hydrogen-bond acceptors (Lipinski definition) is 1. The number of rotatable bonds is 10. The van der Waals surface area contributed by atoms with Crippen molar-refractivity contribution in [2.24, 2.45) is 0 Å². The monoisotopic (exact) mass is 546 g/mol. The van der Waals surface area contributed by atoms with Crippen molar-refractivity contribution in [2.45, 2.75) is 78.0 Å². The van der Waals surface area contributed by atoms with Crippen LogP contribution in [0.2, 0.25) is 0 Å². The van der Waals surface area contributed by atoms with E-state index in [1.165, 1.54) is 12.3 Å². The van der Waals surface area contributed by atoms with Gasteiger partial charge in [0.1, 0.15) is 0 Å². The fourth-order valence-corrected chi connectivity index (χ4v) is 7.90. The molecule has 24 heavy (non-hydrogen) atoms. The Morgan fingerprint density at radius 3 is 1.12 bits per heavy atom. The Bertz CT molecular complexity index is 241. The van der Waals surface area contributed by atoms with E-state index in [9.17, 15) is 0 Å². The molecular weight excluding hydrogens is 510 g/mol. The predicted molar refractivity (Wildman–Crippen MR) is 108 cm³/mol. The second-order valence-electron chi connectivity index (χ2n) is 6.52. The first-order valence-electron chi connectivity index (χ1n) is 8.30. The van der Waals surface area contributed by atoms with Crippen LogP contribution in [-0.2, 0) is 25.7 Å². The molecule has 0 aromatic rings. The molecular formula is C17H36N2O2P2W. The summed E-state index contributed by atoms with van der Waals surface area (Å²) in [5, 5.41) is 4.81. The molecule has 0 radical (unpaired) electrons. The minimum absolute atomic E-state index is 0. The first-order chi connectivity index (χ1) is 10.8. The molecule has 0 aromatic heterocycles. The van der Waals surface area contributed by atoms with Crippen LogP contribution in [0.3, 0.4) is 0 Å². The SMILES string of the molecule is CC(C)P(CC[N-]CCP(C(C)C)C(C)C)C(C)C.[C-]#[O+].[N-]=O.[W+2]. The van der Waals surface area contributed by atoms with Gasteiger partial charge in [0.15, 0.2) is 0 Å². The molecule has 0 saturated heterocycles. The molecule has 0 aliphatic rings. The van der Waals surface area contributed by atoms with Crippen molar-refractivity contribution in [3.8, 4) is 0 Å². The molecule has 0 N–H and O–H groups in total. The van der Waals surface area contributed by atoms with Gasteiger partial charge >= 0.3 is 32.4 Å². The summed E-state index contributed by atoms with van der Waals surface area (Å²) >= 11 is 0. The maximum Gasteiger partial charge on any atom is 2.00 e. The van der Waals surface area contributed by atoms with E-state index in [0.29, 0.717) is 0 Å². The van der Waals surface area contributed by atoms with Crippen molar-refractivity contribution < 1.29 is 25.7 Å². The van der Waals surface area contributed by atoms with Crippen molar-refractivity contribution >= 4 is 15.8 Å². The van der Waals surface area contributed by atoms with E-state index >= 15 is 0 Å². The molecule has 0 aliphatic heterocycles. The van der Waals surface area contributed by atoms with Gasteiger partial charge in [-0.15, -0.1) is 28.9 Å². The number of nitroso groups, excluding NO2 is 1. The molecule has 0 spiro atoms. The maximum absolute atomic E-state index is 7.50. The molecule has 4 nitrogen and oxygen atoms in total. The summed E-state index contributed by atoms with van der Waals surface area (Å²) in [4.78, 5) is 7.25. The zero-order valence-corrected chi connectivity index (χ0v) is 21.4. The third kappa shape index (κ3) is 17.7. The van der Waals surface area contributed by atoms with Crippen LogP contribution in [0.4, 0.5) is 0 Å². The average Bonchev–Trinajstić information content (AvgIpc) is 2.48. The van der Waals surface area contributed by atoms with Crippen molar-refractivity contribution in [1.82, 2.24) is 0 Å². The first-order valence-corrected chi connectivity index (χ1v) is 11.6. The Balaban J connectivity index is -0.000000369. The molecule has 7 heteroatoms. The van der Waals surface area contributed by atoms with Crippen LogP contribution in [0, 0.1) is 11.6 Å². The van der Waals surface area contributed by atoms with Crippen molar-refractivity contribution in [1.29, 1.82) is 0 Å². The Labute approximate surface area is 167 Å². The molecule has 142 valence electrons. The van der Waals surface area contributed by atoms with Gasteiger partial charge in [-0.2, -0.15) is 0 Å². The predicted octanol–water partition coefficient (Wildman–Crippen LogP) is 6.24. The zero-order chi connectivity index (χ0) is 19.0. The summed E-state index contributed by atoms with van der Waals surface area (Å²) in [5.74, 6) is 0. The normalized spacial score (nSPS) is 10.5. The quantitative estimate of drug-likeness (QED) is 0.138. The summed E-state index contributed by atoms with van der Waals surface area (Å²) in [6, 6.07) is 0. The van der Waals surface area contributed by atoms with Crippen LogP contribution in [0.1, 0.15) is 55.4 Å². The van der Waals surface area contributed by atoms with E-state index in [1.807, 2.05) is 0 Å². The minimum Gasteiger partial charge on any atom is -0.577 e. The topological polar surface area (TPSA) is 73.4 Å². The number of nitrogens with zero attached hydrogens (tertiary/aromatic N) is 2. The van der Waals surface area contributed by atoms with E-state index in [0.717, 1.165) is 35.7 Å². The molecule has 0 aromatic carbocycles. The fraction of sp³-hybridized carbons (Fsp3) is 0.941. The summed E-state index contributed by atoms with van der Waals surface area (Å²) in [5.41, 5.74) is 9.17. The van der Waals surface area contributed by atoms with Gasteiger partial charge in [-0.05, 0) is 22.6 Å². The molecule has 0 heterocycles. The molecule has 0 atom stereocenters. The van der Waals surface area contributed by atoms with E-state index in [4.69, 9.17) is 20.5 Å². The van der Waals surface area contributed by atoms with E-state index in [-0.39, 0.29) is 36.9 Å².